The van der Waals surface area contributed by atoms with Crippen LogP contribution in [0, 0.1) is 5.92 Å². The van der Waals surface area contributed by atoms with Crippen LogP contribution in [0.15, 0.2) is 24.3 Å². The highest BCUT2D eigenvalue weighted by Crippen LogP contribution is 2.20. The van der Waals surface area contributed by atoms with Crippen molar-refractivity contribution in [3.05, 3.63) is 29.8 Å². The number of hydrogen-bond donors (Lipinski definition) is 3. The van der Waals surface area contributed by atoms with Gasteiger partial charge in [0.15, 0.2) is 0 Å². The Labute approximate surface area is 121 Å². The maximum absolute atomic E-state index is 12.4. The van der Waals surface area contributed by atoms with Gasteiger partial charge in [-0.25, -0.2) is 4.79 Å². The molecule has 7 heteroatoms. The molecule has 1 saturated heterocycles. The number of likely N-dealkylation sites (tertiary alicyclic amines) is 1. The SMILES string of the molecule is NC(=O)Nc1cccc(C(=O)N2CCCC(C(=O)O)C2)c1. The van der Waals surface area contributed by atoms with Crippen LogP contribution in [0.2, 0.25) is 0 Å². The smallest absolute Gasteiger partial charge is 0.316 e. The molecule has 0 radical (unpaired) electrons. The summed E-state index contributed by atoms with van der Waals surface area (Å²) < 4.78 is 0. The van der Waals surface area contributed by atoms with E-state index in [1.807, 2.05) is 0 Å². The minimum Gasteiger partial charge on any atom is -0.481 e. The highest BCUT2D eigenvalue weighted by Gasteiger charge is 2.28. The molecule has 0 bridgehead atoms. The van der Waals surface area contributed by atoms with E-state index in [4.69, 9.17) is 10.8 Å². The summed E-state index contributed by atoms with van der Waals surface area (Å²) in [7, 11) is 0. The third-order valence-corrected chi connectivity index (χ3v) is 3.43. The molecule has 3 amide bonds. The molecule has 1 aliphatic rings. The molecule has 0 spiro atoms. The average molecular weight is 291 g/mol. The van der Waals surface area contributed by atoms with Gasteiger partial charge in [-0.2, -0.15) is 0 Å². The lowest BCUT2D eigenvalue weighted by atomic mass is 9.97. The monoisotopic (exact) mass is 291 g/mol. The van der Waals surface area contributed by atoms with E-state index < -0.39 is 17.9 Å². The van der Waals surface area contributed by atoms with E-state index >= 15 is 0 Å². The molecule has 1 aromatic carbocycles. The second kappa shape index (κ2) is 6.25. The summed E-state index contributed by atoms with van der Waals surface area (Å²) in [6, 6.07) is 5.70. The largest absolute Gasteiger partial charge is 0.481 e. The summed E-state index contributed by atoms with van der Waals surface area (Å²) in [6.45, 7) is 0.748. The van der Waals surface area contributed by atoms with E-state index in [9.17, 15) is 14.4 Å². The Morgan fingerprint density at radius 3 is 2.76 bits per heavy atom. The number of carboxylic acids is 1. The molecule has 0 saturated carbocycles. The van der Waals surface area contributed by atoms with Crippen molar-refractivity contribution in [2.75, 3.05) is 18.4 Å². The lowest BCUT2D eigenvalue weighted by Gasteiger charge is -2.30. The van der Waals surface area contributed by atoms with Crippen LogP contribution in [0.25, 0.3) is 0 Å². The van der Waals surface area contributed by atoms with Crippen molar-refractivity contribution in [3.63, 3.8) is 0 Å². The van der Waals surface area contributed by atoms with Gasteiger partial charge in [-0.05, 0) is 31.0 Å². The number of urea groups is 1. The van der Waals surface area contributed by atoms with Gasteiger partial charge in [0, 0.05) is 24.3 Å². The molecule has 21 heavy (non-hydrogen) atoms. The normalized spacial score (nSPS) is 18.1. The van der Waals surface area contributed by atoms with Crippen molar-refractivity contribution in [1.82, 2.24) is 4.90 Å². The minimum absolute atomic E-state index is 0.210. The van der Waals surface area contributed by atoms with Crippen molar-refractivity contribution < 1.29 is 19.5 Å². The summed E-state index contributed by atoms with van der Waals surface area (Å²) in [6.07, 6.45) is 1.25. The van der Waals surface area contributed by atoms with Gasteiger partial charge in [-0.15, -0.1) is 0 Å². The first-order valence-corrected chi connectivity index (χ1v) is 6.66. The maximum atomic E-state index is 12.4. The van der Waals surface area contributed by atoms with Gasteiger partial charge in [0.05, 0.1) is 5.92 Å². The first kappa shape index (κ1) is 14.8. The quantitative estimate of drug-likeness (QED) is 0.774. The second-order valence-corrected chi connectivity index (χ2v) is 5.00. The fourth-order valence-corrected chi connectivity index (χ4v) is 2.42. The van der Waals surface area contributed by atoms with Gasteiger partial charge < -0.3 is 21.1 Å². The van der Waals surface area contributed by atoms with Crippen LogP contribution in [0.1, 0.15) is 23.2 Å². The number of nitrogens with zero attached hydrogens (tertiary/aromatic N) is 1. The number of carboxylic acid groups (broad SMARTS) is 1. The minimum atomic E-state index is -0.878. The Morgan fingerprint density at radius 2 is 2.10 bits per heavy atom. The Kier molecular flexibility index (Phi) is 4.42. The molecular formula is C14H17N3O4. The number of carbonyl (C=O) groups excluding carboxylic acids is 2. The second-order valence-electron chi connectivity index (χ2n) is 5.00. The Morgan fingerprint density at radius 1 is 1.33 bits per heavy atom. The molecule has 1 aliphatic heterocycles. The van der Waals surface area contributed by atoms with Crippen LogP contribution >= 0.6 is 0 Å². The van der Waals surface area contributed by atoms with Gasteiger partial charge in [0.25, 0.3) is 5.91 Å². The van der Waals surface area contributed by atoms with Gasteiger partial charge in [0.2, 0.25) is 0 Å². The Balaban J connectivity index is 2.12. The van der Waals surface area contributed by atoms with E-state index in [2.05, 4.69) is 5.32 Å². The summed E-state index contributed by atoms with van der Waals surface area (Å²) in [5, 5.41) is 11.5. The van der Waals surface area contributed by atoms with Crippen molar-refractivity contribution in [2.45, 2.75) is 12.8 Å². The van der Waals surface area contributed by atoms with E-state index in [0.29, 0.717) is 30.6 Å². The number of amides is 3. The number of carbonyl (C=O) groups is 3. The lowest BCUT2D eigenvalue weighted by Crippen LogP contribution is -2.42. The average Bonchev–Trinajstić information content (AvgIpc) is 2.46. The van der Waals surface area contributed by atoms with Crippen LogP contribution in [0.4, 0.5) is 10.5 Å². The summed E-state index contributed by atoms with van der Waals surface area (Å²) in [4.78, 5) is 35.8. The molecule has 1 fully saturated rings. The number of primary amides is 1. The number of rotatable bonds is 3. The fraction of sp³-hybridized carbons (Fsp3) is 0.357. The van der Waals surface area contributed by atoms with E-state index in [0.717, 1.165) is 0 Å². The molecule has 4 N–H and O–H groups in total. The third-order valence-electron chi connectivity index (χ3n) is 3.43. The molecule has 1 unspecified atom stereocenters. The van der Waals surface area contributed by atoms with Crippen molar-refractivity contribution in [1.29, 1.82) is 0 Å². The van der Waals surface area contributed by atoms with E-state index in [-0.39, 0.29) is 12.5 Å². The summed E-state index contributed by atoms with van der Waals surface area (Å²) in [5.41, 5.74) is 5.86. The molecular weight excluding hydrogens is 274 g/mol. The summed E-state index contributed by atoms with van der Waals surface area (Å²) in [5.74, 6) is -1.64. The number of nitrogens with one attached hydrogen (secondary N) is 1. The standard InChI is InChI=1S/C14H17N3O4/c15-14(21)16-11-5-1-3-9(7-11)12(18)17-6-2-4-10(8-17)13(19)20/h1,3,5,7,10H,2,4,6,8H2,(H,19,20)(H3,15,16,21). The third kappa shape index (κ3) is 3.71. The number of benzene rings is 1. The van der Waals surface area contributed by atoms with Gasteiger partial charge in [0.1, 0.15) is 0 Å². The van der Waals surface area contributed by atoms with Crippen LogP contribution in [0.3, 0.4) is 0 Å². The highest BCUT2D eigenvalue weighted by molar-refractivity contribution is 5.97. The topological polar surface area (TPSA) is 113 Å². The Hall–Kier alpha value is -2.57. The van der Waals surface area contributed by atoms with Crippen molar-refractivity contribution >= 4 is 23.6 Å². The molecule has 112 valence electrons. The van der Waals surface area contributed by atoms with Crippen LogP contribution in [-0.4, -0.2) is 41.0 Å². The number of aliphatic carboxylic acids is 1. The Bertz CT molecular complexity index is 573. The predicted molar refractivity (Wildman–Crippen MR) is 75.9 cm³/mol. The van der Waals surface area contributed by atoms with Crippen LogP contribution < -0.4 is 11.1 Å². The van der Waals surface area contributed by atoms with E-state index in [1.165, 1.54) is 11.0 Å². The molecule has 0 aliphatic carbocycles. The van der Waals surface area contributed by atoms with Gasteiger partial charge in [-0.3, -0.25) is 9.59 Å². The molecule has 1 atom stereocenters. The molecule has 0 aromatic heterocycles. The van der Waals surface area contributed by atoms with Crippen LogP contribution in [-0.2, 0) is 4.79 Å². The molecule has 1 heterocycles. The number of piperidine rings is 1. The van der Waals surface area contributed by atoms with Gasteiger partial charge >= 0.3 is 12.0 Å². The number of anilines is 1. The zero-order valence-electron chi connectivity index (χ0n) is 11.4. The molecule has 1 aromatic rings. The fourth-order valence-electron chi connectivity index (χ4n) is 2.42. The molecule has 2 rings (SSSR count). The number of hydrogen-bond acceptors (Lipinski definition) is 3. The van der Waals surface area contributed by atoms with E-state index in [1.54, 1.807) is 18.2 Å². The summed E-state index contributed by atoms with van der Waals surface area (Å²) >= 11 is 0. The lowest BCUT2D eigenvalue weighted by molar-refractivity contribution is -0.143. The zero-order chi connectivity index (χ0) is 15.4. The van der Waals surface area contributed by atoms with Gasteiger partial charge in [-0.1, -0.05) is 6.07 Å². The predicted octanol–water partition coefficient (Wildman–Crippen LogP) is 1.11. The first-order chi connectivity index (χ1) is 9.97. The highest BCUT2D eigenvalue weighted by atomic mass is 16.4. The zero-order valence-corrected chi connectivity index (χ0v) is 11.4. The molecule has 7 nitrogen and oxygen atoms in total. The van der Waals surface area contributed by atoms with Crippen LogP contribution in [0.5, 0.6) is 0 Å². The van der Waals surface area contributed by atoms with Crippen molar-refractivity contribution in [3.8, 4) is 0 Å². The first-order valence-electron chi connectivity index (χ1n) is 6.66. The van der Waals surface area contributed by atoms with Crippen molar-refractivity contribution in [2.24, 2.45) is 11.7 Å². The number of nitrogens with two attached hydrogens (primary N) is 1. The maximum Gasteiger partial charge on any atom is 0.316 e.